The normalized spacial score (nSPS) is 9.80. The van der Waals surface area contributed by atoms with Crippen molar-refractivity contribution in [2.75, 3.05) is 5.73 Å². The third kappa shape index (κ3) is 3.12. The minimum Gasteiger partial charge on any atom is -0.397 e. The zero-order valence-corrected chi connectivity index (χ0v) is 11.1. The number of nitrogens with one attached hydrogen (secondary N) is 1. The zero-order chi connectivity index (χ0) is 14.5. The fourth-order valence-corrected chi connectivity index (χ4v) is 1.75. The van der Waals surface area contributed by atoms with Gasteiger partial charge in [-0.2, -0.15) is 5.26 Å². The molecule has 5 nitrogen and oxygen atoms in total. The van der Waals surface area contributed by atoms with E-state index < -0.39 is 0 Å². The molecule has 0 aliphatic heterocycles. The summed E-state index contributed by atoms with van der Waals surface area (Å²) in [5, 5.41) is 11.5. The Bertz CT molecular complexity index is 671. The number of pyridine rings is 1. The molecule has 1 heterocycles. The van der Waals surface area contributed by atoms with Crippen LogP contribution in [0.5, 0.6) is 0 Å². The highest BCUT2D eigenvalue weighted by molar-refractivity contribution is 5.95. The van der Waals surface area contributed by atoms with Crippen LogP contribution in [0, 0.1) is 18.3 Å². The fraction of sp³-hybridized carbons (Fsp3) is 0.133. The van der Waals surface area contributed by atoms with Crippen LogP contribution in [0.15, 0.2) is 36.5 Å². The minimum atomic E-state index is -0.216. The van der Waals surface area contributed by atoms with Gasteiger partial charge in [0.1, 0.15) is 0 Å². The first-order chi connectivity index (χ1) is 9.60. The zero-order valence-electron chi connectivity index (χ0n) is 11.1. The highest BCUT2D eigenvalue weighted by atomic mass is 16.1. The van der Waals surface area contributed by atoms with E-state index in [0.29, 0.717) is 29.1 Å². The molecular weight excluding hydrogens is 252 g/mol. The molecule has 0 atom stereocenters. The van der Waals surface area contributed by atoms with E-state index in [4.69, 9.17) is 11.0 Å². The second kappa shape index (κ2) is 5.85. The van der Waals surface area contributed by atoms with Crippen molar-refractivity contribution in [1.82, 2.24) is 10.3 Å². The van der Waals surface area contributed by atoms with Gasteiger partial charge in [0.25, 0.3) is 5.91 Å². The number of nitrogens with zero attached hydrogens (tertiary/aromatic N) is 2. The molecule has 3 N–H and O–H groups in total. The number of aromatic nitrogens is 1. The molecule has 20 heavy (non-hydrogen) atoms. The maximum Gasteiger partial charge on any atom is 0.253 e. The topological polar surface area (TPSA) is 91.8 Å². The summed E-state index contributed by atoms with van der Waals surface area (Å²) in [5.74, 6) is -0.216. The molecule has 100 valence electrons. The molecule has 0 unspecified atom stereocenters. The molecule has 0 aliphatic rings. The van der Waals surface area contributed by atoms with Gasteiger partial charge in [-0.25, -0.2) is 0 Å². The van der Waals surface area contributed by atoms with Crippen molar-refractivity contribution >= 4 is 11.6 Å². The lowest BCUT2D eigenvalue weighted by atomic mass is 10.1. The molecule has 1 aromatic heterocycles. The van der Waals surface area contributed by atoms with E-state index in [1.807, 2.05) is 18.2 Å². The summed E-state index contributed by atoms with van der Waals surface area (Å²) in [6.07, 6.45) is 1.52. The van der Waals surface area contributed by atoms with Gasteiger partial charge in [0, 0.05) is 6.54 Å². The summed E-state index contributed by atoms with van der Waals surface area (Å²) in [7, 11) is 0. The number of rotatable bonds is 3. The Morgan fingerprint density at radius 1 is 1.40 bits per heavy atom. The number of nitrogen functional groups attached to an aromatic ring is 1. The third-order valence-electron chi connectivity index (χ3n) is 2.89. The Kier molecular flexibility index (Phi) is 3.96. The van der Waals surface area contributed by atoms with Gasteiger partial charge in [0.15, 0.2) is 0 Å². The summed E-state index contributed by atoms with van der Waals surface area (Å²) >= 11 is 0. The molecule has 0 spiro atoms. The second-order valence-electron chi connectivity index (χ2n) is 4.39. The molecule has 2 rings (SSSR count). The van der Waals surface area contributed by atoms with Gasteiger partial charge >= 0.3 is 0 Å². The van der Waals surface area contributed by atoms with Crippen molar-refractivity contribution in [2.45, 2.75) is 13.5 Å². The van der Waals surface area contributed by atoms with Crippen molar-refractivity contribution in [2.24, 2.45) is 0 Å². The molecule has 0 aliphatic carbocycles. The van der Waals surface area contributed by atoms with Crippen molar-refractivity contribution in [3.05, 3.63) is 58.9 Å². The molecule has 5 heteroatoms. The highest BCUT2D eigenvalue weighted by Gasteiger charge is 2.10. The Labute approximate surface area is 117 Å². The predicted molar refractivity (Wildman–Crippen MR) is 75.7 cm³/mol. The van der Waals surface area contributed by atoms with Crippen LogP contribution in [0.2, 0.25) is 0 Å². The summed E-state index contributed by atoms with van der Waals surface area (Å²) in [5.41, 5.74) is 8.71. The van der Waals surface area contributed by atoms with Crippen LogP contribution in [0.3, 0.4) is 0 Å². The quantitative estimate of drug-likeness (QED) is 0.885. The standard InChI is InChI=1S/C15H14N4O/c1-10-14(6-13(17)9-18-10)15(20)19-8-12-4-2-11(7-16)3-5-12/h2-6,9H,8,17H2,1H3,(H,19,20). The number of benzene rings is 1. The van der Waals surface area contributed by atoms with Gasteiger partial charge in [-0.1, -0.05) is 12.1 Å². The molecule has 0 radical (unpaired) electrons. The van der Waals surface area contributed by atoms with E-state index >= 15 is 0 Å². The largest absolute Gasteiger partial charge is 0.397 e. The number of hydrogen-bond donors (Lipinski definition) is 2. The van der Waals surface area contributed by atoms with Crippen LogP contribution >= 0.6 is 0 Å². The van der Waals surface area contributed by atoms with Crippen molar-refractivity contribution in [1.29, 1.82) is 5.26 Å². The average Bonchev–Trinajstić information content (AvgIpc) is 2.47. The van der Waals surface area contributed by atoms with E-state index in [1.54, 1.807) is 25.1 Å². The second-order valence-corrected chi connectivity index (χ2v) is 4.39. The van der Waals surface area contributed by atoms with Crippen molar-refractivity contribution in [3.63, 3.8) is 0 Å². The monoisotopic (exact) mass is 266 g/mol. The lowest BCUT2D eigenvalue weighted by Crippen LogP contribution is -2.24. The minimum absolute atomic E-state index is 0.216. The first kappa shape index (κ1) is 13.6. The van der Waals surface area contributed by atoms with Crippen LogP contribution < -0.4 is 11.1 Å². The average molecular weight is 266 g/mol. The molecule has 1 aromatic carbocycles. The van der Waals surface area contributed by atoms with Gasteiger partial charge in [0.2, 0.25) is 0 Å². The number of anilines is 1. The maximum absolute atomic E-state index is 12.1. The van der Waals surface area contributed by atoms with Crippen molar-refractivity contribution < 1.29 is 4.79 Å². The number of carbonyl (C=O) groups excluding carboxylic acids is 1. The third-order valence-corrected chi connectivity index (χ3v) is 2.89. The SMILES string of the molecule is Cc1ncc(N)cc1C(=O)NCc1ccc(C#N)cc1. The number of aryl methyl sites for hydroxylation is 1. The molecule has 0 saturated heterocycles. The van der Waals surface area contributed by atoms with Gasteiger partial charge in [-0.05, 0) is 30.7 Å². The number of nitrogens with two attached hydrogens (primary N) is 1. The van der Waals surface area contributed by atoms with Gasteiger partial charge in [-0.3, -0.25) is 9.78 Å². The first-order valence-electron chi connectivity index (χ1n) is 6.09. The van der Waals surface area contributed by atoms with Crippen LogP contribution in [0.25, 0.3) is 0 Å². The summed E-state index contributed by atoms with van der Waals surface area (Å²) in [4.78, 5) is 16.1. The van der Waals surface area contributed by atoms with E-state index in [-0.39, 0.29) is 5.91 Å². The fourth-order valence-electron chi connectivity index (χ4n) is 1.75. The van der Waals surface area contributed by atoms with E-state index in [1.165, 1.54) is 6.20 Å². The van der Waals surface area contributed by atoms with Gasteiger partial charge in [0.05, 0.1) is 34.8 Å². The first-order valence-corrected chi connectivity index (χ1v) is 6.09. The van der Waals surface area contributed by atoms with Crippen LogP contribution in [0.4, 0.5) is 5.69 Å². The van der Waals surface area contributed by atoms with Crippen LogP contribution in [0.1, 0.15) is 27.2 Å². The molecule has 2 aromatic rings. The molecule has 0 saturated carbocycles. The van der Waals surface area contributed by atoms with E-state index in [0.717, 1.165) is 5.56 Å². The lowest BCUT2D eigenvalue weighted by Gasteiger charge is -2.08. The van der Waals surface area contributed by atoms with E-state index in [2.05, 4.69) is 10.3 Å². The van der Waals surface area contributed by atoms with Crippen molar-refractivity contribution in [3.8, 4) is 6.07 Å². The number of amides is 1. The maximum atomic E-state index is 12.1. The van der Waals surface area contributed by atoms with Crippen LogP contribution in [-0.2, 0) is 6.54 Å². The summed E-state index contributed by atoms with van der Waals surface area (Å²) < 4.78 is 0. The smallest absolute Gasteiger partial charge is 0.253 e. The summed E-state index contributed by atoms with van der Waals surface area (Å²) in [6, 6.07) is 10.7. The lowest BCUT2D eigenvalue weighted by molar-refractivity contribution is 0.0950. The molecule has 1 amide bonds. The Morgan fingerprint density at radius 2 is 2.10 bits per heavy atom. The molecule has 0 fully saturated rings. The highest BCUT2D eigenvalue weighted by Crippen LogP contribution is 2.10. The number of nitriles is 1. The number of carbonyl (C=O) groups is 1. The Morgan fingerprint density at radius 3 is 2.75 bits per heavy atom. The Hall–Kier alpha value is -2.87. The Balaban J connectivity index is 2.04. The summed E-state index contributed by atoms with van der Waals surface area (Å²) in [6.45, 7) is 2.15. The van der Waals surface area contributed by atoms with Crippen LogP contribution in [-0.4, -0.2) is 10.9 Å². The molecule has 0 bridgehead atoms. The van der Waals surface area contributed by atoms with E-state index in [9.17, 15) is 4.79 Å². The van der Waals surface area contributed by atoms with Gasteiger partial charge in [-0.15, -0.1) is 0 Å². The predicted octanol–water partition coefficient (Wildman–Crippen LogP) is 1.77. The number of hydrogen-bond acceptors (Lipinski definition) is 4. The van der Waals surface area contributed by atoms with Gasteiger partial charge < -0.3 is 11.1 Å². The molecular formula is C15H14N4O.